The summed E-state index contributed by atoms with van der Waals surface area (Å²) in [7, 11) is 9.72. The standard InChI is InChI=1S/C37H28.C24H25BO2.C19H15Br.H7NP6/c1-3-9-30(10-4-1)32-21-17-28(18-22-32)25-29-19-23-33(24-20-29)35-14-8-16-37(27-35)36-15-7-13-34(26-36)31-11-5-2-6-12-31;1-23(2)24(3,4)27-25(26-23)22-15-9-14-21(17-22)20-13-8-12-19(16-20)18-10-6-5-7-11-18;20-19-12-8-16(9-13-19)14-15-6-10-18(11-7-15)17-4-2-1-3-5-17;2-1-5-7(4)6-3/h1-24,26-27H,25H2;5-17H,1-4H3;1-13H,14H2;6H,2-4H2. The van der Waals surface area contributed by atoms with E-state index in [0.717, 1.165) is 30.7 Å². The molecule has 1 aliphatic heterocycles. The lowest BCUT2D eigenvalue weighted by molar-refractivity contribution is 0.00578. The van der Waals surface area contributed by atoms with Gasteiger partial charge in [-0.2, -0.15) is 0 Å². The summed E-state index contributed by atoms with van der Waals surface area (Å²) in [4.78, 5) is 0. The lowest BCUT2D eigenvalue weighted by Gasteiger charge is -2.32. The molecule has 0 aliphatic carbocycles. The van der Waals surface area contributed by atoms with Crippen LogP contribution >= 0.6 is 66.2 Å². The van der Waals surface area contributed by atoms with Crippen LogP contribution in [-0.4, -0.2) is 18.3 Å². The smallest absolute Gasteiger partial charge is 0.399 e. The second-order valence-electron chi connectivity index (χ2n) is 23.2. The van der Waals surface area contributed by atoms with Gasteiger partial charge in [0.15, 0.2) is 0 Å². The Balaban J connectivity index is 0.000000148. The van der Waals surface area contributed by atoms with Gasteiger partial charge in [-0.15, -0.1) is 8.93 Å². The lowest BCUT2D eigenvalue weighted by Crippen LogP contribution is -2.41. The van der Waals surface area contributed by atoms with Crippen LogP contribution in [0.5, 0.6) is 0 Å². The molecule has 12 aromatic rings. The Kier molecular flexibility index (Phi) is 24.6. The summed E-state index contributed by atoms with van der Waals surface area (Å²) in [6.45, 7) is 8.45. The van der Waals surface area contributed by atoms with Crippen LogP contribution in [0.15, 0.2) is 324 Å². The zero-order valence-electron chi connectivity index (χ0n) is 51.8. The van der Waals surface area contributed by atoms with Crippen molar-refractivity contribution in [3.63, 3.8) is 0 Å². The Morgan fingerprint density at radius 2 is 0.615 bits per heavy atom. The number of benzene rings is 12. The van der Waals surface area contributed by atoms with Crippen molar-refractivity contribution in [3.8, 4) is 77.9 Å². The number of nitrogens with zero attached hydrogens (tertiary/aromatic N) is 1. The molecule has 0 amide bonds. The van der Waals surface area contributed by atoms with Crippen molar-refractivity contribution in [1.82, 2.24) is 0 Å². The number of rotatable bonds is 14. The molecule has 5 unspecified atom stereocenters. The van der Waals surface area contributed by atoms with Crippen molar-refractivity contribution in [3.05, 3.63) is 342 Å². The van der Waals surface area contributed by atoms with Gasteiger partial charge in [0.2, 0.25) is 0 Å². The summed E-state index contributed by atoms with van der Waals surface area (Å²) in [6.07, 6.45) is 1.91. The summed E-state index contributed by atoms with van der Waals surface area (Å²) < 4.78 is 17.4. The number of halogens is 1. The van der Waals surface area contributed by atoms with Crippen molar-refractivity contribution < 1.29 is 9.31 Å². The predicted molar refractivity (Wildman–Crippen MR) is 413 cm³/mol. The van der Waals surface area contributed by atoms with Crippen LogP contribution in [0.2, 0.25) is 0 Å². The van der Waals surface area contributed by atoms with E-state index < -0.39 is 0 Å². The van der Waals surface area contributed by atoms with E-state index in [1.807, 2.05) is 12.1 Å². The van der Waals surface area contributed by atoms with E-state index in [-0.39, 0.29) is 25.3 Å². The minimum atomic E-state index is -0.341. The molecule has 0 saturated carbocycles. The van der Waals surface area contributed by atoms with E-state index in [1.54, 1.807) is 0 Å². The third kappa shape index (κ3) is 19.2. The molecule has 12 aromatic carbocycles. The molecule has 0 aromatic heterocycles. The summed E-state index contributed by atoms with van der Waals surface area (Å²) in [5.74, 6) is 0. The fraction of sp³-hybridized carbons (Fsp3) is 0.100. The van der Waals surface area contributed by atoms with E-state index in [2.05, 4.69) is 379 Å². The maximum Gasteiger partial charge on any atom is 0.494 e. The summed E-state index contributed by atoms with van der Waals surface area (Å²) in [6, 6.07) is 112. The molecule has 3 nitrogen and oxygen atoms in total. The normalized spacial score (nSPS) is 13.3. The fourth-order valence-corrected chi connectivity index (χ4v) is 17.4. The van der Waals surface area contributed by atoms with Gasteiger partial charge in [-0.3, -0.25) is 0 Å². The van der Waals surface area contributed by atoms with Crippen molar-refractivity contribution >= 4 is 78.8 Å². The predicted octanol–water partition coefficient (Wildman–Crippen LogP) is 24.4. The molecule has 13 rings (SSSR count). The van der Waals surface area contributed by atoms with Gasteiger partial charge in [-0.25, -0.2) is 4.52 Å². The van der Waals surface area contributed by atoms with E-state index in [9.17, 15) is 0 Å². The van der Waals surface area contributed by atoms with Crippen LogP contribution in [0.25, 0.3) is 77.9 Å². The molecule has 452 valence electrons. The lowest BCUT2D eigenvalue weighted by atomic mass is 9.78. The van der Waals surface area contributed by atoms with Gasteiger partial charge in [-0.1, -0.05) is 318 Å². The van der Waals surface area contributed by atoms with Gasteiger partial charge in [-0.05, 0) is 186 Å². The van der Waals surface area contributed by atoms with Crippen molar-refractivity contribution in [2.24, 2.45) is 4.52 Å². The Labute approximate surface area is 560 Å². The van der Waals surface area contributed by atoms with Crippen LogP contribution in [0, 0.1) is 0 Å². The molecular weight excluding hydrogens is 1280 g/mol. The molecule has 0 bridgehead atoms. The molecule has 1 fully saturated rings. The van der Waals surface area contributed by atoms with E-state index in [0.29, 0.717) is 0 Å². The van der Waals surface area contributed by atoms with Gasteiger partial charge >= 0.3 is 7.12 Å². The molecule has 1 aliphatic rings. The second-order valence-corrected chi connectivity index (χ2v) is 38.0. The monoisotopic (exact) mass is 1360 g/mol. The van der Waals surface area contributed by atoms with E-state index in [1.165, 1.54) is 108 Å². The molecule has 0 radical (unpaired) electrons. The van der Waals surface area contributed by atoms with Crippen molar-refractivity contribution in [2.45, 2.75) is 51.7 Å². The highest BCUT2D eigenvalue weighted by molar-refractivity contribution is 9.10. The van der Waals surface area contributed by atoms with Gasteiger partial charge in [0.1, 0.15) is 0 Å². The number of hydrogen-bond donors (Lipinski definition) is 0. The maximum absolute atomic E-state index is 6.21. The fourth-order valence-electron chi connectivity index (χ4n) is 10.6. The molecule has 0 N–H and O–H groups in total. The Hall–Kier alpha value is -6.65. The first kappa shape index (κ1) is 67.3. The minimum Gasteiger partial charge on any atom is -0.399 e. The summed E-state index contributed by atoms with van der Waals surface area (Å²) >= 11 is 3.47. The van der Waals surface area contributed by atoms with Crippen LogP contribution < -0.4 is 5.46 Å². The quantitative estimate of drug-likeness (QED) is 0.0802. The molecule has 0 spiro atoms. The molecule has 5 atom stereocenters. The molecule has 11 heteroatoms. The molecule has 1 saturated heterocycles. The van der Waals surface area contributed by atoms with Gasteiger partial charge < -0.3 is 9.31 Å². The maximum atomic E-state index is 6.21. The second kappa shape index (κ2) is 33.3. The average molecular weight is 1360 g/mol. The first-order valence-electron chi connectivity index (χ1n) is 30.4. The molecular formula is C80H75BBrNO2P6. The zero-order chi connectivity index (χ0) is 63.4. The largest absolute Gasteiger partial charge is 0.494 e. The summed E-state index contributed by atoms with van der Waals surface area (Å²) in [5, 5.41) is 0. The third-order valence-electron chi connectivity index (χ3n) is 16.3. The SMILES string of the molecule is Brc1ccc(Cc2ccc(-c3ccccc3)cc2)cc1.CC1(C)OB(c2cccc(-c3cccc(-c4ccccc4)c3)c2)OC1(C)C.PN=PP(P)PP.c1ccc(-c2ccc(Cc3ccc(-c4cccc(-c5cccc(-c6ccccc6)c5)c4)cc3)cc2)cc1. The third-order valence-corrected chi connectivity index (χ3v) is 31.3. The Morgan fingerprint density at radius 3 is 0.923 bits per heavy atom. The highest BCUT2D eigenvalue weighted by atomic mass is 79.9. The van der Waals surface area contributed by atoms with Crippen LogP contribution in [0.4, 0.5) is 0 Å². The van der Waals surface area contributed by atoms with Gasteiger partial charge in [0.25, 0.3) is 0 Å². The van der Waals surface area contributed by atoms with Crippen LogP contribution in [0.1, 0.15) is 49.9 Å². The van der Waals surface area contributed by atoms with Crippen molar-refractivity contribution in [2.75, 3.05) is 0 Å². The van der Waals surface area contributed by atoms with Gasteiger partial charge in [0, 0.05) is 19.5 Å². The molecule has 91 heavy (non-hydrogen) atoms. The summed E-state index contributed by atoms with van der Waals surface area (Å²) in [5.41, 5.74) is 23.0. The number of hydrogen-bond acceptors (Lipinski definition) is 3. The molecule has 1 heterocycles. The first-order chi connectivity index (χ1) is 44.3. The van der Waals surface area contributed by atoms with E-state index in [4.69, 9.17) is 9.31 Å². The average Bonchev–Trinajstić information content (AvgIpc) is 1.83. The van der Waals surface area contributed by atoms with Crippen LogP contribution in [0.3, 0.4) is 0 Å². The zero-order valence-corrected chi connectivity index (χ0v) is 59.6. The van der Waals surface area contributed by atoms with Crippen molar-refractivity contribution in [1.29, 1.82) is 0 Å². The van der Waals surface area contributed by atoms with Gasteiger partial charge in [0.05, 0.1) is 11.2 Å². The van der Waals surface area contributed by atoms with E-state index >= 15 is 0 Å². The minimum absolute atomic E-state index is 0.114. The Morgan fingerprint density at radius 1 is 0.363 bits per heavy atom. The highest BCUT2D eigenvalue weighted by Crippen LogP contribution is 2.75. The highest BCUT2D eigenvalue weighted by Gasteiger charge is 2.51. The topological polar surface area (TPSA) is 30.8 Å². The Bertz CT molecular complexity index is 4220. The van der Waals surface area contributed by atoms with Crippen LogP contribution in [-0.2, 0) is 22.2 Å². The first-order valence-corrected chi connectivity index (χ1v) is 39.9.